The molecule has 72 valence electrons. The first-order valence-electron chi connectivity index (χ1n) is 4.15. The highest BCUT2D eigenvalue weighted by molar-refractivity contribution is 6.31. The molecule has 3 heteroatoms. The molecule has 0 amide bonds. The van der Waals surface area contributed by atoms with Crippen molar-refractivity contribution in [3.63, 3.8) is 0 Å². The van der Waals surface area contributed by atoms with Crippen LogP contribution in [-0.4, -0.2) is 12.1 Å². The zero-order valence-electron chi connectivity index (χ0n) is 8.39. The van der Waals surface area contributed by atoms with Gasteiger partial charge in [0.1, 0.15) is 0 Å². The largest absolute Gasteiger partial charge is 0.481 e. The zero-order valence-corrected chi connectivity index (χ0v) is 9.14. The van der Waals surface area contributed by atoms with Gasteiger partial charge in [0.2, 0.25) is 5.88 Å². The van der Waals surface area contributed by atoms with E-state index in [0.717, 1.165) is 5.56 Å². The van der Waals surface area contributed by atoms with Crippen molar-refractivity contribution < 1.29 is 4.74 Å². The highest BCUT2D eigenvalue weighted by atomic mass is 35.5. The summed E-state index contributed by atoms with van der Waals surface area (Å²) >= 11 is 6.07. The lowest BCUT2D eigenvalue weighted by Gasteiger charge is -2.19. The third-order valence-electron chi connectivity index (χ3n) is 1.85. The average Bonchev–Trinajstić information content (AvgIpc) is 2.01. The molecule has 0 aliphatic rings. The van der Waals surface area contributed by atoms with Crippen LogP contribution >= 0.6 is 11.6 Å². The summed E-state index contributed by atoms with van der Waals surface area (Å²) in [5.41, 5.74) is 1.06. The molecule has 13 heavy (non-hydrogen) atoms. The van der Waals surface area contributed by atoms with Crippen molar-refractivity contribution in [1.82, 2.24) is 4.98 Å². The fraction of sp³-hybridized carbons (Fsp3) is 0.500. The highest BCUT2D eigenvalue weighted by Gasteiger charge is 2.17. The lowest BCUT2D eigenvalue weighted by molar-refractivity contribution is 0.397. The first-order valence-corrected chi connectivity index (χ1v) is 4.53. The molecular formula is C10H14ClNO. The molecule has 0 saturated heterocycles. The van der Waals surface area contributed by atoms with E-state index < -0.39 is 0 Å². The van der Waals surface area contributed by atoms with Crippen LogP contribution in [0.2, 0.25) is 5.02 Å². The summed E-state index contributed by atoms with van der Waals surface area (Å²) in [7, 11) is 1.58. The Balaban J connectivity index is 3.13. The molecule has 1 aromatic rings. The number of hydrogen-bond donors (Lipinski definition) is 0. The normalized spacial score (nSPS) is 11.5. The van der Waals surface area contributed by atoms with Crippen molar-refractivity contribution in [3.8, 4) is 5.88 Å². The number of pyridine rings is 1. The van der Waals surface area contributed by atoms with E-state index in [-0.39, 0.29) is 5.41 Å². The summed E-state index contributed by atoms with van der Waals surface area (Å²) in [6.07, 6.45) is 1.77. The second kappa shape index (κ2) is 3.54. The fourth-order valence-electron chi connectivity index (χ4n) is 1.08. The molecule has 1 aromatic heterocycles. The van der Waals surface area contributed by atoms with Crippen LogP contribution in [0, 0.1) is 0 Å². The summed E-state index contributed by atoms with van der Waals surface area (Å²) < 4.78 is 4.97. The van der Waals surface area contributed by atoms with Crippen molar-refractivity contribution >= 4 is 11.6 Å². The summed E-state index contributed by atoms with van der Waals surface area (Å²) in [5, 5.41) is 0.708. The van der Waals surface area contributed by atoms with Crippen LogP contribution in [-0.2, 0) is 5.41 Å². The topological polar surface area (TPSA) is 22.1 Å². The third-order valence-corrected chi connectivity index (χ3v) is 2.16. The number of methoxy groups -OCH3 is 1. The van der Waals surface area contributed by atoms with Gasteiger partial charge < -0.3 is 4.74 Å². The molecule has 0 radical (unpaired) electrons. The second-order valence-corrected chi connectivity index (χ2v) is 4.36. The maximum absolute atomic E-state index is 6.07. The van der Waals surface area contributed by atoms with Gasteiger partial charge in [0.15, 0.2) is 0 Å². The van der Waals surface area contributed by atoms with E-state index in [0.29, 0.717) is 10.9 Å². The number of hydrogen-bond acceptors (Lipinski definition) is 2. The third kappa shape index (κ3) is 2.34. The minimum absolute atomic E-state index is 0.0242. The Labute approximate surface area is 83.9 Å². The van der Waals surface area contributed by atoms with Gasteiger partial charge in [0, 0.05) is 12.3 Å². The van der Waals surface area contributed by atoms with Crippen molar-refractivity contribution in [3.05, 3.63) is 22.8 Å². The van der Waals surface area contributed by atoms with Crippen molar-refractivity contribution in [2.45, 2.75) is 26.2 Å². The van der Waals surface area contributed by atoms with Crippen molar-refractivity contribution in [2.24, 2.45) is 0 Å². The smallest absolute Gasteiger partial charge is 0.214 e. The van der Waals surface area contributed by atoms with E-state index in [2.05, 4.69) is 25.8 Å². The molecule has 0 aromatic carbocycles. The molecule has 0 aliphatic carbocycles. The summed E-state index contributed by atoms with van der Waals surface area (Å²) in [4.78, 5) is 4.12. The highest BCUT2D eigenvalue weighted by Crippen LogP contribution is 2.30. The zero-order chi connectivity index (χ0) is 10.1. The van der Waals surface area contributed by atoms with Gasteiger partial charge in [0.25, 0.3) is 0 Å². The van der Waals surface area contributed by atoms with E-state index >= 15 is 0 Å². The Kier molecular flexibility index (Phi) is 2.81. The molecule has 2 nitrogen and oxygen atoms in total. The molecule has 0 spiro atoms. The molecule has 0 fully saturated rings. The van der Waals surface area contributed by atoms with Crippen LogP contribution in [0.15, 0.2) is 12.3 Å². The lowest BCUT2D eigenvalue weighted by Crippen LogP contribution is -2.12. The van der Waals surface area contributed by atoms with Gasteiger partial charge in [0.05, 0.1) is 12.1 Å². The maximum atomic E-state index is 6.07. The van der Waals surface area contributed by atoms with Gasteiger partial charge in [-0.3, -0.25) is 0 Å². The van der Waals surface area contributed by atoms with Gasteiger partial charge >= 0.3 is 0 Å². The van der Waals surface area contributed by atoms with Gasteiger partial charge in [-0.1, -0.05) is 32.4 Å². The van der Waals surface area contributed by atoms with Gasteiger partial charge in [-0.25, -0.2) is 4.98 Å². The maximum Gasteiger partial charge on any atom is 0.214 e. The van der Waals surface area contributed by atoms with Crippen LogP contribution in [0.4, 0.5) is 0 Å². The Morgan fingerprint density at radius 1 is 1.38 bits per heavy atom. The molecule has 0 aliphatic heterocycles. The van der Waals surface area contributed by atoms with Crippen molar-refractivity contribution in [1.29, 1.82) is 0 Å². The van der Waals surface area contributed by atoms with E-state index in [1.165, 1.54) is 0 Å². The van der Waals surface area contributed by atoms with Crippen LogP contribution in [0.3, 0.4) is 0 Å². The van der Waals surface area contributed by atoms with Crippen LogP contribution in [0.5, 0.6) is 5.88 Å². The summed E-state index contributed by atoms with van der Waals surface area (Å²) in [5.74, 6) is 0.554. The molecular weight excluding hydrogens is 186 g/mol. The number of ether oxygens (including phenoxy) is 1. The first kappa shape index (κ1) is 10.3. The molecule has 1 rings (SSSR count). The minimum Gasteiger partial charge on any atom is -0.481 e. The fourth-order valence-corrected chi connectivity index (χ4v) is 1.50. The minimum atomic E-state index is 0.0242. The lowest BCUT2D eigenvalue weighted by atomic mass is 9.88. The summed E-state index contributed by atoms with van der Waals surface area (Å²) in [6, 6.07) is 1.74. The molecule has 1 heterocycles. The van der Waals surface area contributed by atoms with E-state index in [9.17, 15) is 0 Å². The van der Waals surface area contributed by atoms with Crippen LogP contribution in [0.1, 0.15) is 26.3 Å². The van der Waals surface area contributed by atoms with Gasteiger partial charge in [-0.05, 0) is 11.0 Å². The predicted molar refractivity (Wildman–Crippen MR) is 54.5 cm³/mol. The van der Waals surface area contributed by atoms with Crippen LogP contribution < -0.4 is 4.74 Å². The second-order valence-electron chi connectivity index (χ2n) is 3.96. The average molecular weight is 200 g/mol. The van der Waals surface area contributed by atoms with Crippen LogP contribution in [0.25, 0.3) is 0 Å². The number of halogens is 1. The SMILES string of the molecule is COc1cc(Cl)c(C(C)(C)C)cn1. The Hall–Kier alpha value is -0.760. The summed E-state index contributed by atoms with van der Waals surface area (Å²) in [6.45, 7) is 6.30. The van der Waals surface area contributed by atoms with Gasteiger partial charge in [-0.2, -0.15) is 0 Å². The molecule has 0 N–H and O–H groups in total. The Bertz CT molecular complexity index is 304. The number of nitrogens with zero attached hydrogens (tertiary/aromatic N) is 1. The molecule has 0 saturated carbocycles. The number of rotatable bonds is 1. The van der Waals surface area contributed by atoms with E-state index in [1.807, 2.05) is 0 Å². The van der Waals surface area contributed by atoms with E-state index in [1.54, 1.807) is 19.4 Å². The number of aromatic nitrogens is 1. The monoisotopic (exact) mass is 199 g/mol. The molecule has 0 atom stereocenters. The standard InChI is InChI=1S/C10H14ClNO/c1-10(2,3)7-6-12-9(13-4)5-8(7)11/h5-6H,1-4H3. The van der Waals surface area contributed by atoms with Gasteiger partial charge in [-0.15, -0.1) is 0 Å². The first-order chi connectivity index (χ1) is 5.95. The predicted octanol–water partition coefficient (Wildman–Crippen LogP) is 3.04. The Morgan fingerprint density at radius 2 is 2.00 bits per heavy atom. The Morgan fingerprint density at radius 3 is 2.38 bits per heavy atom. The molecule has 0 bridgehead atoms. The van der Waals surface area contributed by atoms with E-state index in [4.69, 9.17) is 16.3 Å². The quantitative estimate of drug-likeness (QED) is 0.694. The van der Waals surface area contributed by atoms with Crippen molar-refractivity contribution in [2.75, 3.05) is 7.11 Å². The molecule has 0 unspecified atom stereocenters.